The third-order valence-corrected chi connectivity index (χ3v) is 5.08. The first-order chi connectivity index (χ1) is 8.10. The molecule has 0 aliphatic heterocycles. The summed E-state index contributed by atoms with van der Waals surface area (Å²) in [6.45, 7) is 4.48. The smallest absolute Gasteiger partial charge is 0.0662 e. The molecule has 5 atom stereocenters. The third-order valence-electron chi connectivity index (χ3n) is 5.08. The number of nitrogens with two attached hydrogens (primary N) is 1. The number of methoxy groups -OCH3 is 1. The quantitative estimate of drug-likeness (QED) is 0.822. The van der Waals surface area contributed by atoms with Gasteiger partial charge in [0.15, 0.2) is 0 Å². The number of ether oxygens (including phenoxy) is 2. The highest BCUT2D eigenvalue weighted by Gasteiger charge is 2.50. The van der Waals surface area contributed by atoms with Gasteiger partial charge in [-0.25, -0.2) is 0 Å². The van der Waals surface area contributed by atoms with Gasteiger partial charge in [-0.15, -0.1) is 0 Å². The van der Waals surface area contributed by atoms with Crippen molar-refractivity contribution in [2.45, 2.75) is 76.7 Å². The molecule has 0 aromatic heterocycles. The molecule has 0 amide bonds. The minimum atomic E-state index is 0.194. The molecule has 3 heteroatoms. The first-order valence-electron chi connectivity index (χ1n) is 7.04. The Balaban J connectivity index is 1.85. The number of hydrogen-bond donors (Lipinski definition) is 1. The van der Waals surface area contributed by atoms with Gasteiger partial charge in [-0.1, -0.05) is 13.8 Å². The van der Waals surface area contributed by atoms with Crippen molar-refractivity contribution in [1.82, 2.24) is 0 Å². The molecule has 3 nitrogen and oxygen atoms in total. The van der Waals surface area contributed by atoms with Crippen LogP contribution in [0.2, 0.25) is 0 Å². The lowest BCUT2D eigenvalue weighted by atomic mass is 9.62. The van der Waals surface area contributed by atoms with Crippen molar-refractivity contribution >= 4 is 0 Å². The van der Waals surface area contributed by atoms with Gasteiger partial charge in [-0.2, -0.15) is 0 Å². The lowest BCUT2D eigenvalue weighted by Gasteiger charge is -2.53. The lowest BCUT2D eigenvalue weighted by Crippen LogP contribution is -2.61. The van der Waals surface area contributed by atoms with Gasteiger partial charge in [0.25, 0.3) is 0 Å². The minimum Gasteiger partial charge on any atom is -0.381 e. The first kappa shape index (κ1) is 13.3. The molecule has 5 unspecified atom stereocenters. The molecule has 2 aliphatic rings. The highest BCUT2D eigenvalue weighted by Crippen LogP contribution is 2.46. The van der Waals surface area contributed by atoms with Gasteiger partial charge in [-0.05, 0) is 38.5 Å². The summed E-state index contributed by atoms with van der Waals surface area (Å²) in [4.78, 5) is 0. The van der Waals surface area contributed by atoms with E-state index in [1.54, 1.807) is 0 Å². The average Bonchev–Trinajstić information content (AvgIpc) is 2.37. The molecule has 0 aromatic carbocycles. The minimum absolute atomic E-state index is 0.194. The fourth-order valence-electron chi connectivity index (χ4n) is 3.22. The molecule has 0 bridgehead atoms. The summed E-state index contributed by atoms with van der Waals surface area (Å²) in [5.74, 6) is 0. The fraction of sp³-hybridized carbons (Fsp3) is 1.00. The van der Waals surface area contributed by atoms with Crippen molar-refractivity contribution in [1.29, 1.82) is 0 Å². The summed E-state index contributed by atoms with van der Waals surface area (Å²) in [5, 5.41) is 0. The summed E-state index contributed by atoms with van der Waals surface area (Å²) in [6, 6.07) is 0.319. The molecule has 2 fully saturated rings. The normalized spacial score (nSPS) is 46.6. The second-order valence-corrected chi connectivity index (χ2v) is 5.97. The van der Waals surface area contributed by atoms with Crippen molar-refractivity contribution in [2.75, 3.05) is 7.11 Å². The SMILES string of the molecule is CCC1(C)C(N)CC1OC1CCCC(OC)C1. The van der Waals surface area contributed by atoms with Crippen LogP contribution in [-0.4, -0.2) is 31.5 Å². The zero-order valence-corrected chi connectivity index (χ0v) is 11.4. The van der Waals surface area contributed by atoms with E-state index >= 15 is 0 Å². The van der Waals surface area contributed by atoms with E-state index in [-0.39, 0.29) is 5.41 Å². The van der Waals surface area contributed by atoms with Crippen molar-refractivity contribution in [3.63, 3.8) is 0 Å². The van der Waals surface area contributed by atoms with Gasteiger partial charge in [0.1, 0.15) is 0 Å². The Kier molecular flexibility index (Phi) is 4.11. The Morgan fingerprint density at radius 2 is 1.94 bits per heavy atom. The Morgan fingerprint density at radius 3 is 2.53 bits per heavy atom. The fourth-order valence-corrected chi connectivity index (χ4v) is 3.22. The molecule has 17 heavy (non-hydrogen) atoms. The molecular formula is C14H27NO2. The van der Waals surface area contributed by atoms with E-state index in [4.69, 9.17) is 15.2 Å². The van der Waals surface area contributed by atoms with Crippen molar-refractivity contribution in [2.24, 2.45) is 11.1 Å². The van der Waals surface area contributed by atoms with Gasteiger partial charge in [-0.3, -0.25) is 0 Å². The lowest BCUT2D eigenvalue weighted by molar-refractivity contribution is -0.164. The van der Waals surface area contributed by atoms with Crippen LogP contribution in [0.3, 0.4) is 0 Å². The summed E-state index contributed by atoms with van der Waals surface area (Å²) < 4.78 is 11.7. The van der Waals surface area contributed by atoms with E-state index in [0.29, 0.717) is 24.4 Å². The molecule has 0 heterocycles. The molecule has 0 aromatic rings. The topological polar surface area (TPSA) is 44.5 Å². The van der Waals surface area contributed by atoms with E-state index in [1.807, 2.05) is 7.11 Å². The molecule has 2 N–H and O–H groups in total. The third kappa shape index (κ3) is 2.51. The van der Waals surface area contributed by atoms with Gasteiger partial charge < -0.3 is 15.2 Å². The van der Waals surface area contributed by atoms with Crippen molar-refractivity contribution < 1.29 is 9.47 Å². The van der Waals surface area contributed by atoms with E-state index in [2.05, 4.69) is 13.8 Å². The molecule has 0 radical (unpaired) electrons. The first-order valence-corrected chi connectivity index (χ1v) is 7.04. The molecule has 0 saturated heterocycles. The van der Waals surface area contributed by atoms with Gasteiger partial charge in [0, 0.05) is 18.6 Å². The van der Waals surface area contributed by atoms with E-state index in [0.717, 1.165) is 19.3 Å². The molecule has 2 saturated carbocycles. The second kappa shape index (κ2) is 5.25. The maximum atomic E-state index is 6.28. The largest absolute Gasteiger partial charge is 0.381 e. The van der Waals surface area contributed by atoms with E-state index in [9.17, 15) is 0 Å². The Bertz CT molecular complexity index is 259. The predicted molar refractivity (Wildman–Crippen MR) is 68.9 cm³/mol. The van der Waals surface area contributed by atoms with Crippen LogP contribution < -0.4 is 5.73 Å². The Labute approximate surface area is 105 Å². The Hall–Kier alpha value is -0.120. The monoisotopic (exact) mass is 241 g/mol. The standard InChI is InChI=1S/C14H27NO2/c1-4-14(2)12(15)9-13(14)17-11-7-5-6-10(8-11)16-3/h10-13H,4-9,15H2,1-3H3. The van der Waals surface area contributed by atoms with Gasteiger partial charge in [0.05, 0.1) is 18.3 Å². The van der Waals surface area contributed by atoms with Crippen LogP contribution in [0.5, 0.6) is 0 Å². The number of hydrogen-bond acceptors (Lipinski definition) is 3. The molecule has 0 spiro atoms. The van der Waals surface area contributed by atoms with Crippen LogP contribution in [0.4, 0.5) is 0 Å². The van der Waals surface area contributed by atoms with Crippen LogP contribution in [0.1, 0.15) is 52.4 Å². The van der Waals surface area contributed by atoms with Crippen LogP contribution in [-0.2, 0) is 9.47 Å². The number of rotatable bonds is 4. The van der Waals surface area contributed by atoms with Gasteiger partial charge >= 0.3 is 0 Å². The van der Waals surface area contributed by atoms with Crippen molar-refractivity contribution in [3.8, 4) is 0 Å². The summed E-state index contributed by atoms with van der Waals surface area (Å²) in [5.41, 5.74) is 6.31. The summed E-state index contributed by atoms with van der Waals surface area (Å²) in [6.07, 6.45) is 7.94. The highest BCUT2D eigenvalue weighted by molar-refractivity contribution is 5.03. The van der Waals surface area contributed by atoms with Crippen LogP contribution in [0, 0.1) is 5.41 Å². The zero-order valence-electron chi connectivity index (χ0n) is 11.4. The molecule has 2 aliphatic carbocycles. The average molecular weight is 241 g/mol. The molecule has 2 rings (SSSR count). The zero-order chi connectivity index (χ0) is 12.5. The maximum Gasteiger partial charge on any atom is 0.0662 e. The summed E-state index contributed by atoms with van der Waals surface area (Å²) in [7, 11) is 1.81. The predicted octanol–water partition coefficient (Wildman–Crippen LogP) is 2.48. The van der Waals surface area contributed by atoms with E-state index < -0.39 is 0 Å². The van der Waals surface area contributed by atoms with Crippen LogP contribution in [0.15, 0.2) is 0 Å². The van der Waals surface area contributed by atoms with Gasteiger partial charge in [0.2, 0.25) is 0 Å². The van der Waals surface area contributed by atoms with E-state index in [1.165, 1.54) is 19.3 Å². The molecular weight excluding hydrogens is 214 g/mol. The van der Waals surface area contributed by atoms with Crippen molar-refractivity contribution in [3.05, 3.63) is 0 Å². The maximum absolute atomic E-state index is 6.28. The highest BCUT2D eigenvalue weighted by atomic mass is 16.5. The molecule has 100 valence electrons. The second-order valence-electron chi connectivity index (χ2n) is 5.97. The summed E-state index contributed by atoms with van der Waals surface area (Å²) >= 11 is 0. The Morgan fingerprint density at radius 1 is 1.24 bits per heavy atom. The van der Waals surface area contributed by atoms with Crippen LogP contribution in [0.25, 0.3) is 0 Å². The van der Waals surface area contributed by atoms with Crippen LogP contribution >= 0.6 is 0 Å².